The van der Waals surface area contributed by atoms with Gasteiger partial charge in [-0.05, 0) is 16.6 Å². The third kappa shape index (κ3) is 3.42. The van der Waals surface area contributed by atoms with Gasteiger partial charge >= 0.3 is 0 Å². The van der Waals surface area contributed by atoms with Gasteiger partial charge in [0.2, 0.25) is 0 Å². The van der Waals surface area contributed by atoms with Gasteiger partial charge in [-0.15, -0.1) is 0 Å². The van der Waals surface area contributed by atoms with E-state index in [1.165, 1.54) is 0 Å². The van der Waals surface area contributed by atoms with Gasteiger partial charge in [0.25, 0.3) is 0 Å². The van der Waals surface area contributed by atoms with Crippen LogP contribution in [0.25, 0.3) is 0 Å². The zero-order valence-corrected chi connectivity index (χ0v) is 12.0. The van der Waals surface area contributed by atoms with E-state index in [1.807, 2.05) is 0 Å². The largest absolute Gasteiger partial charge is 0.416 e. The maximum absolute atomic E-state index is 10.3. The van der Waals surface area contributed by atoms with Crippen molar-refractivity contribution in [2.45, 2.75) is 64.6 Å². The van der Waals surface area contributed by atoms with Gasteiger partial charge in [0.05, 0.1) is 0 Å². The molecule has 0 unspecified atom stereocenters. The molecule has 0 amide bonds. The van der Waals surface area contributed by atoms with Crippen molar-refractivity contribution < 1.29 is 9.22 Å². The Morgan fingerprint density at radius 3 is 1.67 bits per heavy atom. The first-order valence-electron chi connectivity index (χ1n) is 5.97. The zero-order valence-electron chi connectivity index (χ0n) is 11.0. The molecule has 0 atom stereocenters. The number of rotatable bonds is 7. The van der Waals surface area contributed by atoms with Crippen LogP contribution in [0.15, 0.2) is 0 Å². The molecule has 3 heteroatoms. The minimum atomic E-state index is -1.72. The van der Waals surface area contributed by atoms with Crippen molar-refractivity contribution in [2.75, 3.05) is 6.61 Å². The quantitative estimate of drug-likeness (QED) is 0.378. The Bertz CT molecular complexity index is 166. The number of carbonyl (C=O) groups excluding carboxylic acids is 1. The Balaban J connectivity index is 4.72. The molecule has 0 aliphatic rings. The van der Waals surface area contributed by atoms with Crippen LogP contribution >= 0.6 is 0 Å². The maximum Gasteiger partial charge on any atom is 0.200 e. The molecular formula is C12H26O2Si. The van der Waals surface area contributed by atoms with Gasteiger partial charge < -0.3 is 9.22 Å². The van der Waals surface area contributed by atoms with E-state index in [2.05, 4.69) is 41.5 Å². The summed E-state index contributed by atoms with van der Waals surface area (Å²) in [6, 6.07) is 0. The van der Waals surface area contributed by atoms with Crippen LogP contribution in [0.3, 0.4) is 0 Å². The summed E-state index contributed by atoms with van der Waals surface area (Å²) < 4.78 is 6.16. The first-order chi connectivity index (χ1) is 6.89. The molecule has 2 nitrogen and oxygen atoms in total. The SMILES string of the molecule is CC(C)[Si](OCCC=O)(C(C)C)C(C)C. The molecule has 0 spiro atoms. The van der Waals surface area contributed by atoms with Crippen LogP contribution in [-0.4, -0.2) is 21.2 Å². The van der Waals surface area contributed by atoms with Crippen LogP contribution in [0, 0.1) is 0 Å². The number of hydrogen-bond donors (Lipinski definition) is 0. The Morgan fingerprint density at radius 2 is 1.40 bits per heavy atom. The highest BCUT2D eigenvalue weighted by Gasteiger charge is 2.44. The van der Waals surface area contributed by atoms with Crippen molar-refractivity contribution in [2.24, 2.45) is 0 Å². The minimum absolute atomic E-state index is 0.529. The van der Waals surface area contributed by atoms with Crippen molar-refractivity contribution in [3.8, 4) is 0 Å². The molecule has 0 aromatic heterocycles. The summed E-state index contributed by atoms with van der Waals surface area (Å²) in [4.78, 5) is 10.3. The lowest BCUT2D eigenvalue weighted by atomic mass is 10.5. The predicted octanol–water partition coefficient (Wildman–Crippen LogP) is 3.77. The second kappa shape index (κ2) is 6.43. The summed E-state index contributed by atoms with van der Waals surface area (Å²) >= 11 is 0. The van der Waals surface area contributed by atoms with E-state index in [-0.39, 0.29) is 0 Å². The van der Waals surface area contributed by atoms with Crippen LogP contribution in [0.1, 0.15) is 48.0 Å². The molecule has 0 saturated heterocycles. The molecule has 0 saturated carbocycles. The van der Waals surface area contributed by atoms with Gasteiger partial charge in [-0.2, -0.15) is 0 Å². The third-order valence-corrected chi connectivity index (χ3v) is 9.41. The van der Waals surface area contributed by atoms with Crippen molar-refractivity contribution in [1.82, 2.24) is 0 Å². The standard InChI is InChI=1S/C12H26O2Si/c1-10(2)15(11(3)4,12(5)6)14-9-7-8-13/h8,10-12H,7,9H2,1-6H3. The van der Waals surface area contributed by atoms with E-state index in [0.717, 1.165) is 6.29 Å². The van der Waals surface area contributed by atoms with Gasteiger partial charge in [-0.25, -0.2) is 0 Å². The molecular weight excluding hydrogens is 204 g/mol. The molecule has 0 aliphatic carbocycles. The molecule has 0 aromatic rings. The average molecular weight is 230 g/mol. The van der Waals surface area contributed by atoms with Crippen LogP contribution < -0.4 is 0 Å². The summed E-state index contributed by atoms with van der Waals surface area (Å²) in [6.07, 6.45) is 1.47. The third-order valence-electron chi connectivity index (χ3n) is 3.29. The normalized spacial score (nSPS) is 12.9. The lowest BCUT2D eigenvalue weighted by molar-refractivity contribution is -0.108. The lowest BCUT2D eigenvalue weighted by Crippen LogP contribution is -2.48. The highest BCUT2D eigenvalue weighted by atomic mass is 28.4. The second-order valence-corrected chi connectivity index (χ2v) is 10.6. The highest BCUT2D eigenvalue weighted by Crippen LogP contribution is 2.42. The molecule has 0 heterocycles. The Hall–Kier alpha value is -0.153. The fourth-order valence-electron chi connectivity index (χ4n) is 2.78. The fraction of sp³-hybridized carbons (Fsp3) is 0.917. The van der Waals surface area contributed by atoms with Gasteiger partial charge in [-0.3, -0.25) is 0 Å². The molecule has 0 rings (SSSR count). The van der Waals surface area contributed by atoms with E-state index < -0.39 is 8.32 Å². The van der Waals surface area contributed by atoms with Crippen LogP contribution in [0.4, 0.5) is 0 Å². The Kier molecular flexibility index (Phi) is 6.37. The average Bonchev–Trinajstić information content (AvgIpc) is 2.10. The maximum atomic E-state index is 10.3. The van der Waals surface area contributed by atoms with Gasteiger partial charge in [0.15, 0.2) is 8.32 Å². The van der Waals surface area contributed by atoms with Crippen LogP contribution in [-0.2, 0) is 9.22 Å². The zero-order chi connectivity index (χ0) is 12.1. The molecule has 15 heavy (non-hydrogen) atoms. The molecule has 0 aliphatic heterocycles. The van der Waals surface area contributed by atoms with Crippen molar-refractivity contribution in [3.63, 3.8) is 0 Å². The molecule has 0 fully saturated rings. The summed E-state index contributed by atoms with van der Waals surface area (Å²) in [5.41, 5.74) is 1.80. The van der Waals surface area contributed by atoms with Crippen LogP contribution in [0.5, 0.6) is 0 Å². The van der Waals surface area contributed by atoms with Gasteiger partial charge in [0, 0.05) is 13.0 Å². The molecule has 0 N–H and O–H groups in total. The predicted molar refractivity (Wildman–Crippen MR) is 67.7 cm³/mol. The number of aldehydes is 1. The molecule has 0 aromatic carbocycles. The van der Waals surface area contributed by atoms with Gasteiger partial charge in [-0.1, -0.05) is 41.5 Å². The van der Waals surface area contributed by atoms with E-state index in [9.17, 15) is 4.79 Å². The Morgan fingerprint density at radius 1 is 1.00 bits per heavy atom. The van der Waals surface area contributed by atoms with Crippen molar-refractivity contribution >= 4 is 14.6 Å². The van der Waals surface area contributed by atoms with Crippen molar-refractivity contribution in [1.29, 1.82) is 0 Å². The van der Waals surface area contributed by atoms with E-state index in [4.69, 9.17) is 4.43 Å². The summed E-state index contributed by atoms with van der Waals surface area (Å²) in [6.45, 7) is 14.1. The second-order valence-electron chi connectivity index (χ2n) is 5.12. The minimum Gasteiger partial charge on any atom is -0.416 e. The van der Waals surface area contributed by atoms with E-state index >= 15 is 0 Å². The smallest absolute Gasteiger partial charge is 0.200 e. The topological polar surface area (TPSA) is 26.3 Å². The molecule has 0 radical (unpaired) electrons. The van der Waals surface area contributed by atoms with E-state index in [0.29, 0.717) is 29.7 Å². The van der Waals surface area contributed by atoms with Crippen LogP contribution in [0.2, 0.25) is 16.6 Å². The summed E-state index contributed by atoms with van der Waals surface area (Å²) in [5, 5.41) is 0. The van der Waals surface area contributed by atoms with E-state index in [1.54, 1.807) is 0 Å². The van der Waals surface area contributed by atoms with Crippen molar-refractivity contribution in [3.05, 3.63) is 0 Å². The number of carbonyl (C=O) groups is 1. The summed E-state index contributed by atoms with van der Waals surface area (Å²) in [5.74, 6) is 0. The van der Waals surface area contributed by atoms with Gasteiger partial charge in [0.1, 0.15) is 6.29 Å². The molecule has 90 valence electrons. The lowest BCUT2D eigenvalue weighted by Gasteiger charge is -2.42. The monoisotopic (exact) mass is 230 g/mol. The Labute approximate surface area is 95.5 Å². The number of hydrogen-bond acceptors (Lipinski definition) is 2. The summed E-state index contributed by atoms with van der Waals surface area (Å²) in [7, 11) is -1.72. The first kappa shape index (κ1) is 14.8. The fourth-order valence-corrected chi connectivity index (χ4v) is 8.26. The first-order valence-corrected chi connectivity index (χ1v) is 8.11. The molecule has 0 bridgehead atoms. The highest BCUT2D eigenvalue weighted by molar-refractivity contribution is 6.77.